The molecule has 1 aromatic heterocycles. The van der Waals surface area contributed by atoms with Crippen LogP contribution in [0.15, 0.2) is 35.7 Å². The fourth-order valence-electron chi connectivity index (χ4n) is 2.61. The summed E-state index contributed by atoms with van der Waals surface area (Å²) in [7, 11) is 0. The van der Waals surface area contributed by atoms with E-state index >= 15 is 0 Å². The van der Waals surface area contributed by atoms with Crippen molar-refractivity contribution in [1.29, 1.82) is 0 Å². The molecule has 1 fully saturated rings. The van der Waals surface area contributed by atoms with Crippen LogP contribution in [0.4, 0.5) is 0 Å². The van der Waals surface area contributed by atoms with Crippen molar-refractivity contribution in [1.82, 2.24) is 14.8 Å². The van der Waals surface area contributed by atoms with Crippen molar-refractivity contribution in [3.05, 3.63) is 41.2 Å². The first-order chi connectivity index (χ1) is 10.1. The van der Waals surface area contributed by atoms with Crippen LogP contribution in [0.25, 0.3) is 0 Å². The minimum absolute atomic E-state index is 0.110. The van der Waals surface area contributed by atoms with Gasteiger partial charge in [-0.25, -0.2) is 9.67 Å². The standard InChI is InChI=1S/C15H17Cl2N3S/c1-21-14-18-10-19-20(14)9-12(15(17)6-7-15)8-11-4-2-3-5-13(11)16/h2-5,10,12H,6-9H2,1H3. The van der Waals surface area contributed by atoms with Crippen molar-refractivity contribution >= 4 is 35.0 Å². The molecule has 1 aromatic carbocycles. The van der Waals surface area contributed by atoms with E-state index in [2.05, 4.69) is 16.1 Å². The van der Waals surface area contributed by atoms with E-state index in [0.717, 1.165) is 41.5 Å². The lowest BCUT2D eigenvalue weighted by Gasteiger charge is -2.23. The Kier molecular flexibility index (Phi) is 4.48. The monoisotopic (exact) mass is 341 g/mol. The molecule has 0 amide bonds. The molecule has 6 heteroatoms. The summed E-state index contributed by atoms with van der Waals surface area (Å²) in [6, 6.07) is 7.99. The van der Waals surface area contributed by atoms with E-state index in [1.54, 1.807) is 18.1 Å². The van der Waals surface area contributed by atoms with Crippen LogP contribution in [0, 0.1) is 5.92 Å². The normalized spacial score (nSPS) is 17.7. The molecule has 0 spiro atoms. The highest BCUT2D eigenvalue weighted by molar-refractivity contribution is 7.98. The maximum Gasteiger partial charge on any atom is 0.185 e. The minimum atomic E-state index is -0.110. The molecule has 0 bridgehead atoms. The van der Waals surface area contributed by atoms with Gasteiger partial charge in [-0.1, -0.05) is 41.6 Å². The van der Waals surface area contributed by atoms with Crippen LogP contribution < -0.4 is 0 Å². The summed E-state index contributed by atoms with van der Waals surface area (Å²) in [5.41, 5.74) is 1.15. The lowest BCUT2D eigenvalue weighted by Crippen LogP contribution is -2.25. The average molecular weight is 342 g/mol. The van der Waals surface area contributed by atoms with Gasteiger partial charge in [0.05, 0.1) is 0 Å². The summed E-state index contributed by atoms with van der Waals surface area (Å²) in [6.45, 7) is 0.783. The Morgan fingerprint density at radius 1 is 1.38 bits per heavy atom. The molecule has 21 heavy (non-hydrogen) atoms. The number of halogens is 2. The Bertz CT molecular complexity index is 625. The molecule has 1 heterocycles. The number of rotatable bonds is 6. The molecule has 1 aliphatic carbocycles. The van der Waals surface area contributed by atoms with Gasteiger partial charge in [0.25, 0.3) is 0 Å². The largest absolute Gasteiger partial charge is 0.240 e. The zero-order valence-electron chi connectivity index (χ0n) is 11.8. The van der Waals surface area contributed by atoms with Crippen LogP contribution in [-0.2, 0) is 13.0 Å². The van der Waals surface area contributed by atoms with Gasteiger partial charge in [0.15, 0.2) is 5.16 Å². The second kappa shape index (κ2) is 6.19. The highest BCUT2D eigenvalue weighted by Crippen LogP contribution is 2.50. The first-order valence-electron chi connectivity index (χ1n) is 6.96. The van der Waals surface area contributed by atoms with Gasteiger partial charge in [0, 0.05) is 22.4 Å². The number of benzene rings is 1. The van der Waals surface area contributed by atoms with Crippen LogP contribution in [0.5, 0.6) is 0 Å². The zero-order chi connectivity index (χ0) is 14.9. The third kappa shape index (κ3) is 3.38. The van der Waals surface area contributed by atoms with Crippen molar-refractivity contribution in [3.8, 4) is 0 Å². The van der Waals surface area contributed by atoms with Gasteiger partial charge in [0.2, 0.25) is 0 Å². The quantitative estimate of drug-likeness (QED) is 0.580. The van der Waals surface area contributed by atoms with E-state index in [9.17, 15) is 0 Å². The smallest absolute Gasteiger partial charge is 0.185 e. The molecule has 1 unspecified atom stereocenters. The molecule has 0 N–H and O–H groups in total. The summed E-state index contributed by atoms with van der Waals surface area (Å²) in [4.78, 5) is 4.15. The summed E-state index contributed by atoms with van der Waals surface area (Å²) >= 11 is 14.6. The highest BCUT2D eigenvalue weighted by Gasteiger charge is 2.48. The van der Waals surface area contributed by atoms with Gasteiger partial charge < -0.3 is 0 Å². The van der Waals surface area contributed by atoms with Crippen molar-refractivity contribution in [3.63, 3.8) is 0 Å². The molecule has 2 aromatic rings. The fourth-order valence-corrected chi connectivity index (χ4v) is 3.55. The Labute approximate surface area is 139 Å². The molecule has 1 atom stereocenters. The molecule has 0 radical (unpaired) electrons. The van der Waals surface area contributed by atoms with E-state index in [1.807, 2.05) is 29.1 Å². The summed E-state index contributed by atoms with van der Waals surface area (Å²) in [5, 5.41) is 6.07. The van der Waals surface area contributed by atoms with E-state index in [0.29, 0.717) is 5.92 Å². The maximum atomic E-state index is 6.71. The van der Waals surface area contributed by atoms with Crippen molar-refractivity contribution in [2.45, 2.75) is 35.8 Å². The number of nitrogens with zero attached hydrogens (tertiary/aromatic N) is 3. The SMILES string of the molecule is CSc1ncnn1CC(Cc1ccccc1Cl)C1(Cl)CC1. The first-order valence-corrected chi connectivity index (χ1v) is 8.94. The Morgan fingerprint density at radius 3 is 2.81 bits per heavy atom. The lowest BCUT2D eigenvalue weighted by atomic mass is 9.94. The highest BCUT2D eigenvalue weighted by atomic mass is 35.5. The Balaban J connectivity index is 1.81. The van der Waals surface area contributed by atoms with Gasteiger partial charge in [-0.3, -0.25) is 0 Å². The fraction of sp³-hybridized carbons (Fsp3) is 0.467. The van der Waals surface area contributed by atoms with E-state index in [1.165, 1.54) is 0 Å². The summed E-state index contributed by atoms with van der Waals surface area (Å²) in [6.07, 6.45) is 6.61. The third-order valence-electron chi connectivity index (χ3n) is 4.04. The number of hydrogen-bond donors (Lipinski definition) is 0. The average Bonchev–Trinajstić information content (AvgIpc) is 3.07. The molecular weight excluding hydrogens is 325 g/mol. The third-order valence-corrected chi connectivity index (χ3v) is 5.78. The predicted molar refractivity (Wildman–Crippen MR) is 88.3 cm³/mol. The topological polar surface area (TPSA) is 30.7 Å². The molecule has 1 aliphatic rings. The molecular formula is C15H17Cl2N3S. The van der Waals surface area contributed by atoms with E-state index < -0.39 is 0 Å². The molecule has 112 valence electrons. The zero-order valence-corrected chi connectivity index (χ0v) is 14.1. The van der Waals surface area contributed by atoms with Crippen molar-refractivity contribution in [2.24, 2.45) is 5.92 Å². The van der Waals surface area contributed by atoms with Crippen LogP contribution in [0.2, 0.25) is 5.02 Å². The molecule has 0 saturated heterocycles. The van der Waals surface area contributed by atoms with Gasteiger partial charge in [-0.2, -0.15) is 5.10 Å². The Hall–Kier alpha value is -0.710. The number of hydrogen-bond acceptors (Lipinski definition) is 3. The van der Waals surface area contributed by atoms with Crippen LogP contribution >= 0.6 is 35.0 Å². The van der Waals surface area contributed by atoms with Gasteiger partial charge in [0.1, 0.15) is 6.33 Å². The maximum absolute atomic E-state index is 6.71. The minimum Gasteiger partial charge on any atom is -0.240 e. The van der Waals surface area contributed by atoms with Crippen LogP contribution in [-0.4, -0.2) is 25.9 Å². The summed E-state index contributed by atoms with van der Waals surface area (Å²) < 4.78 is 1.95. The van der Waals surface area contributed by atoms with Crippen LogP contribution in [0.3, 0.4) is 0 Å². The molecule has 3 rings (SSSR count). The predicted octanol–water partition coefficient (Wildman–Crippen LogP) is 4.28. The van der Waals surface area contributed by atoms with Crippen molar-refractivity contribution in [2.75, 3.05) is 6.26 Å². The first kappa shape index (κ1) is 15.2. The molecule has 3 nitrogen and oxygen atoms in total. The van der Waals surface area contributed by atoms with Gasteiger partial charge in [-0.15, -0.1) is 11.6 Å². The van der Waals surface area contributed by atoms with Crippen molar-refractivity contribution < 1.29 is 0 Å². The van der Waals surface area contributed by atoms with E-state index in [-0.39, 0.29) is 4.87 Å². The number of thioether (sulfide) groups is 1. The second-order valence-corrected chi connectivity index (χ2v) is 7.39. The Morgan fingerprint density at radius 2 is 2.14 bits per heavy atom. The lowest BCUT2D eigenvalue weighted by molar-refractivity contribution is 0.371. The second-order valence-electron chi connectivity index (χ2n) is 5.46. The van der Waals surface area contributed by atoms with Gasteiger partial charge in [-0.05, 0) is 37.1 Å². The van der Waals surface area contributed by atoms with E-state index in [4.69, 9.17) is 23.2 Å². The molecule has 1 saturated carbocycles. The van der Waals surface area contributed by atoms with Gasteiger partial charge >= 0.3 is 0 Å². The number of alkyl halides is 1. The number of aromatic nitrogens is 3. The van der Waals surface area contributed by atoms with Crippen LogP contribution in [0.1, 0.15) is 18.4 Å². The molecule has 0 aliphatic heterocycles. The summed E-state index contributed by atoms with van der Waals surface area (Å²) in [5.74, 6) is 0.312.